The van der Waals surface area contributed by atoms with Crippen molar-refractivity contribution in [1.82, 2.24) is 0 Å². The number of esters is 1. The lowest BCUT2D eigenvalue weighted by Gasteiger charge is -2.08. The fraction of sp³-hybridized carbons (Fsp3) is 0.438. The Morgan fingerprint density at radius 3 is 2.74 bits per heavy atom. The summed E-state index contributed by atoms with van der Waals surface area (Å²) in [5.74, 6) is -0.231. The molecule has 19 heavy (non-hydrogen) atoms. The van der Waals surface area contributed by atoms with Crippen molar-refractivity contribution < 1.29 is 14.3 Å². The molecular weight excluding hydrogens is 240 g/mol. The minimum atomic E-state index is -0.231. The van der Waals surface area contributed by atoms with Crippen molar-refractivity contribution in [3.8, 4) is 0 Å². The van der Waals surface area contributed by atoms with Crippen LogP contribution in [-0.4, -0.2) is 18.7 Å². The van der Waals surface area contributed by atoms with Gasteiger partial charge in [0.2, 0.25) is 0 Å². The standard InChI is InChI=1S/C16H20O3/c1-13-11-15(19-16(13)17)9-5-6-10-18-12-14-7-3-2-4-8-14/h2-4,7-8,15H,1,5-6,9-12H2. The van der Waals surface area contributed by atoms with E-state index in [1.807, 2.05) is 18.2 Å². The third-order valence-electron chi connectivity index (χ3n) is 3.21. The summed E-state index contributed by atoms with van der Waals surface area (Å²) in [6, 6.07) is 10.1. The molecule has 1 fully saturated rings. The second-order valence-corrected chi connectivity index (χ2v) is 4.87. The fourth-order valence-corrected chi connectivity index (χ4v) is 2.14. The van der Waals surface area contributed by atoms with Crippen LogP contribution in [0.3, 0.4) is 0 Å². The Balaban J connectivity index is 1.51. The van der Waals surface area contributed by atoms with Gasteiger partial charge in [0.15, 0.2) is 0 Å². The Bertz CT molecular complexity index is 409. The fourth-order valence-electron chi connectivity index (χ4n) is 2.14. The molecule has 0 radical (unpaired) electrons. The first-order chi connectivity index (χ1) is 9.25. The molecule has 1 aliphatic heterocycles. The highest BCUT2D eigenvalue weighted by molar-refractivity contribution is 5.89. The van der Waals surface area contributed by atoms with Crippen molar-refractivity contribution in [3.05, 3.63) is 48.0 Å². The summed E-state index contributed by atoms with van der Waals surface area (Å²) in [4.78, 5) is 11.1. The van der Waals surface area contributed by atoms with Gasteiger partial charge < -0.3 is 9.47 Å². The normalized spacial score (nSPS) is 18.6. The van der Waals surface area contributed by atoms with Gasteiger partial charge in [-0.05, 0) is 24.8 Å². The molecule has 102 valence electrons. The first-order valence-electron chi connectivity index (χ1n) is 6.76. The van der Waals surface area contributed by atoms with Crippen LogP contribution in [0.2, 0.25) is 0 Å². The monoisotopic (exact) mass is 260 g/mol. The SMILES string of the molecule is C=C1CC(CCCCOCc2ccccc2)OC1=O. The van der Waals surface area contributed by atoms with Crippen molar-refractivity contribution in [2.75, 3.05) is 6.61 Å². The third-order valence-corrected chi connectivity index (χ3v) is 3.21. The number of ether oxygens (including phenoxy) is 2. The molecule has 1 aromatic rings. The second kappa shape index (κ2) is 7.10. The summed E-state index contributed by atoms with van der Waals surface area (Å²) in [5, 5.41) is 0. The Labute approximate surface area is 114 Å². The molecule has 3 heteroatoms. The zero-order chi connectivity index (χ0) is 13.5. The number of cyclic esters (lactones) is 1. The number of unbranched alkanes of at least 4 members (excludes halogenated alkanes) is 1. The van der Waals surface area contributed by atoms with Gasteiger partial charge in [0.1, 0.15) is 6.10 Å². The van der Waals surface area contributed by atoms with Crippen molar-refractivity contribution in [3.63, 3.8) is 0 Å². The quantitative estimate of drug-likeness (QED) is 0.429. The van der Waals surface area contributed by atoms with E-state index in [0.29, 0.717) is 18.6 Å². The molecule has 1 aliphatic rings. The molecule has 0 N–H and O–H groups in total. The summed E-state index contributed by atoms with van der Waals surface area (Å²) in [6.07, 6.45) is 3.63. The predicted molar refractivity (Wildman–Crippen MR) is 73.6 cm³/mol. The zero-order valence-corrected chi connectivity index (χ0v) is 11.1. The third kappa shape index (κ3) is 4.52. The summed E-state index contributed by atoms with van der Waals surface area (Å²) in [6.45, 7) is 5.09. The summed E-state index contributed by atoms with van der Waals surface area (Å²) < 4.78 is 10.8. The van der Waals surface area contributed by atoms with Gasteiger partial charge in [0.05, 0.1) is 6.61 Å². The maximum absolute atomic E-state index is 11.1. The van der Waals surface area contributed by atoms with E-state index < -0.39 is 0 Å². The molecule has 1 unspecified atom stereocenters. The van der Waals surface area contributed by atoms with Crippen molar-refractivity contribution in [2.45, 2.75) is 38.4 Å². The first kappa shape index (κ1) is 13.8. The van der Waals surface area contributed by atoms with Gasteiger partial charge in [-0.3, -0.25) is 0 Å². The molecule has 0 aliphatic carbocycles. The molecule has 0 spiro atoms. The molecule has 1 aromatic carbocycles. The maximum Gasteiger partial charge on any atom is 0.333 e. The molecule has 1 heterocycles. The number of benzene rings is 1. The van der Waals surface area contributed by atoms with Crippen LogP contribution < -0.4 is 0 Å². The van der Waals surface area contributed by atoms with Gasteiger partial charge in [-0.15, -0.1) is 0 Å². The van der Waals surface area contributed by atoms with E-state index in [0.717, 1.165) is 25.9 Å². The van der Waals surface area contributed by atoms with Gasteiger partial charge in [-0.1, -0.05) is 36.9 Å². The van der Waals surface area contributed by atoms with E-state index in [2.05, 4.69) is 18.7 Å². The van der Waals surface area contributed by atoms with E-state index >= 15 is 0 Å². The molecule has 3 nitrogen and oxygen atoms in total. The van der Waals surface area contributed by atoms with Crippen LogP contribution in [0.15, 0.2) is 42.5 Å². The highest BCUT2D eigenvalue weighted by atomic mass is 16.5. The Hall–Kier alpha value is -1.61. The lowest BCUT2D eigenvalue weighted by molar-refractivity contribution is -0.139. The van der Waals surface area contributed by atoms with Gasteiger partial charge >= 0.3 is 5.97 Å². The van der Waals surface area contributed by atoms with Crippen molar-refractivity contribution in [1.29, 1.82) is 0 Å². The van der Waals surface area contributed by atoms with E-state index in [-0.39, 0.29) is 12.1 Å². The number of hydrogen-bond donors (Lipinski definition) is 0. The molecule has 2 rings (SSSR count). The van der Waals surface area contributed by atoms with Crippen LogP contribution in [0, 0.1) is 0 Å². The maximum atomic E-state index is 11.1. The first-order valence-corrected chi connectivity index (χ1v) is 6.76. The van der Waals surface area contributed by atoms with Crippen molar-refractivity contribution in [2.24, 2.45) is 0 Å². The molecule has 1 saturated heterocycles. The van der Waals surface area contributed by atoms with Crippen LogP contribution in [0.25, 0.3) is 0 Å². The number of carbonyl (C=O) groups excluding carboxylic acids is 1. The Morgan fingerprint density at radius 1 is 1.26 bits per heavy atom. The van der Waals surface area contributed by atoms with E-state index in [1.165, 1.54) is 5.56 Å². The van der Waals surface area contributed by atoms with E-state index in [1.54, 1.807) is 0 Å². The lowest BCUT2D eigenvalue weighted by Crippen LogP contribution is -2.07. The van der Waals surface area contributed by atoms with Crippen LogP contribution in [0.1, 0.15) is 31.2 Å². The topological polar surface area (TPSA) is 35.5 Å². The highest BCUT2D eigenvalue weighted by Crippen LogP contribution is 2.22. The summed E-state index contributed by atoms with van der Waals surface area (Å²) >= 11 is 0. The summed E-state index contributed by atoms with van der Waals surface area (Å²) in [5.41, 5.74) is 1.80. The van der Waals surface area contributed by atoms with Gasteiger partial charge in [0, 0.05) is 18.6 Å². The molecule has 0 amide bonds. The summed E-state index contributed by atoms with van der Waals surface area (Å²) in [7, 11) is 0. The molecule has 0 bridgehead atoms. The molecule has 0 saturated carbocycles. The number of rotatable bonds is 7. The predicted octanol–water partition coefficient (Wildman–Crippen LogP) is 3.25. The largest absolute Gasteiger partial charge is 0.459 e. The highest BCUT2D eigenvalue weighted by Gasteiger charge is 2.26. The van der Waals surface area contributed by atoms with Crippen LogP contribution in [-0.2, 0) is 20.9 Å². The smallest absolute Gasteiger partial charge is 0.333 e. The zero-order valence-electron chi connectivity index (χ0n) is 11.1. The average molecular weight is 260 g/mol. The minimum absolute atomic E-state index is 0.0362. The van der Waals surface area contributed by atoms with Crippen LogP contribution >= 0.6 is 0 Å². The van der Waals surface area contributed by atoms with E-state index in [4.69, 9.17) is 9.47 Å². The van der Waals surface area contributed by atoms with E-state index in [9.17, 15) is 4.79 Å². The van der Waals surface area contributed by atoms with Gasteiger partial charge in [0.25, 0.3) is 0 Å². The minimum Gasteiger partial charge on any atom is -0.459 e. The molecular formula is C16H20O3. The van der Waals surface area contributed by atoms with Gasteiger partial charge in [-0.2, -0.15) is 0 Å². The van der Waals surface area contributed by atoms with Gasteiger partial charge in [-0.25, -0.2) is 4.79 Å². The number of carbonyl (C=O) groups is 1. The number of hydrogen-bond acceptors (Lipinski definition) is 3. The van der Waals surface area contributed by atoms with Crippen LogP contribution in [0.5, 0.6) is 0 Å². The molecule has 1 atom stereocenters. The van der Waals surface area contributed by atoms with Crippen LogP contribution in [0.4, 0.5) is 0 Å². The Kier molecular flexibility index (Phi) is 5.16. The average Bonchev–Trinajstić information content (AvgIpc) is 2.74. The van der Waals surface area contributed by atoms with Crippen molar-refractivity contribution >= 4 is 5.97 Å². The second-order valence-electron chi connectivity index (χ2n) is 4.87. The molecule has 0 aromatic heterocycles. The Morgan fingerprint density at radius 2 is 2.05 bits per heavy atom. The lowest BCUT2D eigenvalue weighted by atomic mass is 10.1.